The highest BCUT2D eigenvalue weighted by molar-refractivity contribution is 5.30. The van der Waals surface area contributed by atoms with Crippen LogP contribution in [0.1, 0.15) is 0 Å². The molecule has 4 heterocycles. The second kappa shape index (κ2) is 4.74. The molecular formula is C12H18N4O2. The lowest BCUT2D eigenvalue weighted by Crippen LogP contribution is -2.71. The summed E-state index contributed by atoms with van der Waals surface area (Å²) in [5, 5.41) is 17.3. The van der Waals surface area contributed by atoms with E-state index in [-0.39, 0.29) is 11.5 Å². The number of hydrogen-bond donors (Lipinski definition) is 2. The first kappa shape index (κ1) is 11.7. The second-order valence-electron chi connectivity index (χ2n) is 5.05. The molecule has 98 valence electrons. The Labute approximate surface area is 106 Å². The number of rotatable bonds is 0. The summed E-state index contributed by atoms with van der Waals surface area (Å²) in [7, 11) is 0. The van der Waals surface area contributed by atoms with Crippen LogP contribution in [0.15, 0.2) is 24.3 Å². The molecule has 1 aromatic carbocycles. The summed E-state index contributed by atoms with van der Waals surface area (Å²) >= 11 is 0. The molecule has 0 aliphatic carbocycles. The van der Waals surface area contributed by atoms with Gasteiger partial charge in [0, 0.05) is 6.07 Å². The third kappa shape index (κ3) is 2.56. The average molecular weight is 250 g/mol. The molecular weight excluding hydrogens is 232 g/mol. The van der Waals surface area contributed by atoms with Gasteiger partial charge in [-0.15, -0.1) is 0 Å². The van der Waals surface area contributed by atoms with Crippen molar-refractivity contribution in [3.8, 4) is 11.5 Å². The summed E-state index contributed by atoms with van der Waals surface area (Å²) in [5.74, 6) is 0.176. The zero-order valence-corrected chi connectivity index (χ0v) is 10.2. The van der Waals surface area contributed by atoms with Crippen molar-refractivity contribution in [2.45, 2.75) is 0 Å². The van der Waals surface area contributed by atoms with E-state index in [2.05, 4.69) is 19.6 Å². The topological polar surface area (TPSA) is 53.4 Å². The van der Waals surface area contributed by atoms with E-state index in [1.807, 2.05) is 0 Å². The average Bonchev–Trinajstić information content (AvgIpc) is 2.27. The normalized spacial score (nSPS) is 36.0. The van der Waals surface area contributed by atoms with Crippen LogP contribution in [0.3, 0.4) is 0 Å². The minimum atomic E-state index is 0.0880. The molecule has 0 spiro atoms. The van der Waals surface area contributed by atoms with Crippen LogP contribution < -0.4 is 0 Å². The molecule has 5 rings (SSSR count). The fraction of sp³-hybridized carbons (Fsp3) is 0.500. The highest BCUT2D eigenvalue weighted by atomic mass is 16.3. The van der Waals surface area contributed by atoms with Crippen molar-refractivity contribution in [2.24, 2.45) is 0 Å². The summed E-state index contributed by atoms with van der Waals surface area (Å²) in [4.78, 5) is 9.88. The predicted molar refractivity (Wildman–Crippen MR) is 66.3 cm³/mol. The zero-order chi connectivity index (χ0) is 12.5. The Morgan fingerprint density at radius 2 is 1.00 bits per heavy atom. The van der Waals surface area contributed by atoms with E-state index in [1.54, 1.807) is 6.07 Å². The SMILES string of the molecule is C1N2CN3CN1CN(C2)C3.Oc1cccc(O)c1. The molecule has 0 aromatic heterocycles. The number of phenols is 2. The fourth-order valence-electron chi connectivity index (χ4n) is 2.73. The predicted octanol–water partition coefficient (Wildman–Crippen LogP) is 0.0780. The third-order valence-electron chi connectivity index (χ3n) is 3.23. The van der Waals surface area contributed by atoms with Crippen LogP contribution >= 0.6 is 0 Å². The van der Waals surface area contributed by atoms with E-state index in [0.717, 1.165) is 0 Å². The zero-order valence-electron chi connectivity index (χ0n) is 10.2. The highest BCUT2D eigenvalue weighted by Crippen LogP contribution is 2.20. The van der Waals surface area contributed by atoms with Gasteiger partial charge in [-0.25, -0.2) is 0 Å². The first-order valence-electron chi connectivity index (χ1n) is 6.06. The maximum atomic E-state index is 8.65. The monoisotopic (exact) mass is 250 g/mol. The molecule has 18 heavy (non-hydrogen) atoms. The van der Waals surface area contributed by atoms with E-state index in [4.69, 9.17) is 10.2 Å². The van der Waals surface area contributed by atoms with Crippen molar-refractivity contribution in [2.75, 3.05) is 40.0 Å². The molecule has 6 nitrogen and oxygen atoms in total. The van der Waals surface area contributed by atoms with Crippen molar-refractivity contribution in [3.63, 3.8) is 0 Å². The van der Waals surface area contributed by atoms with Crippen molar-refractivity contribution < 1.29 is 10.2 Å². The molecule has 2 N–H and O–H groups in total. The molecule has 6 heteroatoms. The molecule has 1 aromatic rings. The Hall–Kier alpha value is -1.34. The number of nitrogens with zero attached hydrogens (tertiary/aromatic N) is 4. The van der Waals surface area contributed by atoms with E-state index >= 15 is 0 Å². The molecule has 4 bridgehead atoms. The van der Waals surface area contributed by atoms with Crippen LogP contribution in [-0.4, -0.2) is 69.8 Å². The summed E-state index contributed by atoms with van der Waals surface area (Å²) in [6, 6.07) is 5.85. The van der Waals surface area contributed by atoms with Gasteiger partial charge >= 0.3 is 0 Å². The minimum Gasteiger partial charge on any atom is -0.508 e. The first-order valence-corrected chi connectivity index (χ1v) is 6.06. The Kier molecular flexibility index (Phi) is 3.09. The Bertz CT molecular complexity index is 353. The molecule has 0 radical (unpaired) electrons. The summed E-state index contributed by atoms with van der Waals surface area (Å²) in [6.45, 7) is 7.12. The Morgan fingerprint density at radius 3 is 1.22 bits per heavy atom. The lowest BCUT2D eigenvalue weighted by atomic mass is 10.3. The lowest BCUT2D eigenvalue weighted by molar-refractivity contribution is -0.194. The second-order valence-corrected chi connectivity index (χ2v) is 5.05. The first-order chi connectivity index (χ1) is 8.69. The van der Waals surface area contributed by atoms with Gasteiger partial charge in [-0.2, -0.15) is 0 Å². The molecule has 0 atom stereocenters. The van der Waals surface area contributed by atoms with Crippen LogP contribution in [0.4, 0.5) is 0 Å². The van der Waals surface area contributed by atoms with Gasteiger partial charge in [0.1, 0.15) is 11.5 Å². The van der Waals surface area contributed by atoms with E-state index in [1.165, 1.54) is 58.2 Å². The maximum Gasteiger partial charge on any atom is 0.119 e. The van der Waals surface area contributed by atoms with Crippen molar-refractivity contribution in [3.05, 3.63) is 24.3 Å². The number of phenolic OH excluding ortho intramolecular Hbond substituents is 2. The van der Waals surface area contributed by atoms with E-state index in [9.17, 15) is 0 Å². The molecule has 0 unspecified atom stereocenters. The van der Waals surface area contributed by atoms with Crippen molar-refractivity contribution in [1.29, 1.82) is 0 Å². The molecule has 0 amide bonds. The molecule has 4 aliphatic heterocycles. The van der Waals surface area contributed by atoms with Crippen LogP contribution in [-0.2, 0) is 0 Å². The smallest absolute Gasteiger partial charge is 0.119 e. The quantitative estimate of drug-likeness (QED) is 0.680. The minimum absolute atomic E-state index is 0.0880. The van der Waals surface area contributed by atoms with Crippen LogP contribution in [0, 0.1) is 0 Å². The van der Waals surface area contributed by atoms with Crippen LogP contribution in [0.5, 0.6) is 11.5 Å². The van der Waals surface area contributed by atoms with Gasteiger partial charge in [-0.1, -0.05) is 6.07 Å². The third-order valence-corrected chi connectivity index (χ3v) is 3.23. The van der Waals surface area contributed by atoms with Crippen molar-refractivity contribution in [1.82, 2.24) is 19.6 Å². The summed E-state index contributed by atoms with van der Waals surface area (Å²) < 4.78 is 0. The van der Waals surface area contributed by atoms with Gasteiger partial charge in [0.15, 0.2) is 0 Å². The number of benzene rings is 1. The van der Waals surface area contributed by atoms with Gasteiger partial charge in [-0.05, 0) is 12.1 Å². The van der Waals surface area contributed by atoms with E-state index in [0.29, 0.717) is 0 Å². The van der Waals surface area contributed by atoms with Gasteiger partial charge < -0.3 is 10.2 Å². The number of hydrogen-bond acceptors (Lipinski definition) is 6. The highest BCUT2D eigenvalue weighted by Gasteiger charge is 2.36. The van der Waals surface area contributed by atoms with Gasteiger partial charge in [0.2, 0.25) is 0 Å². The van der Waals surface area contributed by atoms with Crippen molar-refractivity contribution >= 4 is 0 Å². The molecule has 4 saturated heterocycles. The Balaban J connectivity index is 0.000000115. The standard InChI is InChI=1S/C6H12N4.C6H6O2/c1-7-2-9-4-8(1)5-10(3-7)6-9;7-5-2-1-3-6(8)4-5/h1-6H2;1-4,7-8H. The summed E-state index contributed by atoms with van der Waals surface area (Å²) in [6.07, 6.45) is 0. The molecule has 0 saturated carbocycles. The van der Waals surface area contributed by atoms with Gasteiger partial charge in [-0.3, -0.25) is 19.6 Å². The van der Waals surface area contributed by atoms with Crippen LogP contribution in [0.25, 0.3) is 0 Å². The Morgan fingerprint density at radius 1 is 0.667 bits per heavy atom. The van der Waals surface area contributed by atoms with Gasteiger partial charge in [0.05, 0.1) is 40.0 Å². The maximum absolute atomic E-state index is 8.65. The van der Waals surface area contributed by atoms with E-state index < -0.39 is 0 Å². The number of aromatic hydroxyl groups is 2. The lowest BCUT2D eigenvalue weighted by Gasteiger charge is -2.56. The molecule has 4 aliphatic rings. The van der Waals surface area contributed by atoms with Gasteiger partial charge in [0.25, 0.3) is 0 Å². The summed E-state index contributed by atoms with van der Waals surface area (Å²) in [5.41, 5.74) is 0. The molecule has 4 fully saturated rings. The largest absolute Gasteiger partial charge is 0.508 e. The fourth-order valence-corrected chi connectivity index (χ4v) is 2.73. The van der Waals surface area contributed by atoms with Crippen LogP contribution in [0.2, 0.25) is 0 Å².